The molecule has 2 rings (SSSR count). The number of aromatic amines is 1. The van der Waals surface area contributed by atoms with E-state index in [1.807, 2.05) is 29.5 Å². The van der Waals surface area contributed by atoms with E-state index in [0.717, 1.165) is 25.7 Å². The van der Waals surface area contributed by atoms with Crippen LogP contribution >= 0.6 is 22.6 Å². The van der Waals surface area contributed by atoms with Crippen LogP contribution in [0, 0.1) is 9.49 Å². The molecule has 0 aliphatic heterocycles. The van der Waals surface area contributed by atoms with E-state index < -0.39 is 5.60 Å². The number of H-pyrrole nitrogens is 1. The van der Waals surface area contributed by atoms with Gasteiger partial charge < -0.3 is 14.5 Å². The van der Waals surface area contributed by atoms with Crippen LogP contribution in [0.3, 0.4) is 0 Å². The van der Waals surface area contributed by atoms with Crippen molar-refractivity contribution < 1.29 is 9.47 Å². The van der Waals surface area contributed by atoms with Crippen LogP contribution < -0.4 is 5.56 Å². The summed E-state index contributed by atoms with van der Waals surface area (Å²) in [4.78, 5) is 19.8. The molecule has 1 heterocycles. The summed E-state index contributed by atoms with van der Waals surface area (Å²) in [6, 6.07) is 0. The van der Waals surface area contributed by atoms with Crippen molar-refractivity contribution in [1.82, 2.24) is 9.97 Å². The van der Waals surface area contributed by atoms with E-state index >= 15 is 0 Å². The second kappa shape index (κ2) is 7.19. The molecule has 6 heteroatoms. The lowest BCUT2D eigenvalue weighted by Crippen LogP contribution is -2.38. The molecule has 1 fully saturated rings. The van der Waals surface area contributed by atoms with E-state index in [1.165, 1.54) is 0 Å². The van der Waals surface area contributed by atoms with Gasteiger partial charge in [0, 0.05) is 13.7 Å². The molecule has 21 heavy (non-hydrogen) atoms. The summed E-state index contributed by atoms with van der Waals surface area (Å²) in [5, 5.41) is 0. The minimum absolute atomic E-state index is 0.106. The zero-order valence-electron chi connectivity index (χ0n) is 12.9. The van der Waals surface area contributed by atoms with E-state index in [4.69, 9.17) is 9.47 Å². The third-order valence-electron chi connectivity index (χ3n) is 4.15. The monoisotopic (exact) mass is 406 g/mol. The molecule has 1 saturated carbocycles. The summed E-state index contributed by atoms with van der Waals surface area (Å²) in [7, 11) is 1.61. The topological polar surface area (TPSA) is 64.2 Å². The molecule has 1 aromatic heterocycles. The maximum Gasteiger partial charge on any atom is 0.264 e. The Bertz CT molecular complexity index is 536. The van der Waals surface area contributed by atoms with Crippen LogP contribution in [-0.4, -0.2) is 23.7 Å². The van der Waals surface area contributed by atoms with Gasteiger partial charge in [-0.2, -0.15) is 0 Å². The second-order valence-electron chi connectivity index (χ2n) is 5.72. The lowest BCUT2D eigenvalue weighted by molar-refractivity contribution is -0.0841. The molecule has 1 aliphatic rings. The molecule has 0 atom stereocenters. The van der Waals surface area contributed by atoms with Crippen molar-refractivity contribution in [2.45, 2.75) is 51.7 Å². The van der Waals surface area contributed by atoms with Crippen LogP contribution in [0.1, 0.15) is 51.0 Å². The Balaban J connectivity index is 2.43. The third-order valence-corrected chi connectivity index (χ3v) is 5.26. The minimum Gasteiger partial charge on any atom is -0.378 e. The first-order valence-corrected chi connectivity index (χ1v) is 8.52. The average molecular weight is 406 g/mol. The SMILES string of the molecule is CCOC1(c2nc(COC)c(I)c(=O)[nH]2)CCC(C)CC1. The molecule has 1 aromatic rings. The van der Waals surface area contributed by atoms with Crippen molar-refractivity contribution in [3.05, 3.63) is 25.4 Å². The van der Waals surface area contributed by atoms with Crippen molar-refractivity contribution in [1.29, 1.82) is 0 Å². The van der Waals surface area contributed by atoms with Crippen LogP contribution in [0.4, 0.5) is 0 Å². The number of methoxy groups -OCH3 is 1. The van der Waals surface area contributed by atoms with Gasteiger partial charge in [-0.25, -0.2) is 4.98 Å². The van der Waals surface area contributed by atoms with Gasteiger partial charge in [-0.15, -0.1) is 0 Å². The Hall–Kier alpha value is -0.470. The minimum atomic E-state index is -0.451. The summed E-state index contributed by atoms with van der Waals surface area (Å²) >= 11 is 2.02. The molecule has 0 amide bonds. The van der Waals surface area contributed by atoms with Gasteiger partial charge in [0.05, 0.1) is 12.3 Å². The van der Waals surface area contributed by atoms with Gasteiger partial charge >= 0.3 is 0 Å². The average Bonchev–Trinajstić information content (AvgIpc) is 2.47. The van der Waals surface area contributed by atoms with Crippen molar-refractivity contribution in [2.75, 3.05) is 13.7 Å². The first-order chi connectivity index (χ1) is 10.0. The van der Waals surface area contributed by atoms with Gasteiger partial charge in [0.1, 0.15) is 15.0 Å². The Morgan fingerprint density at radius 2 is 2.10 bits per heavy atom. The standard InChI is InChI=1S/C15H23IN2O3/c1-4-21-15(7-5-10(2)6-8-15)14-17-11(9-20-3)12(16)13(19)18-14/h10H,4-9H2,1-3H3,(H,17,18,19). The first kappa shape index (κ1) is 16.9. The fraction of sp³-hybridized carbons (Fsp3) is 0.733. The highest BCUT2D eigenvalue weighted by Crippen LogP contribution is 2.40. The summed E-state index contributed by atoms with van der Waals surface area (Å²) < 4.78 is 11.8. The van der Waals surface area contributed by atoms with Crippen LogP contribution in [0.2, 0.25) is 0 Å². The van der Waals surface area contributed by atoms with Crippen molar-refractivity contribution in [2.24, 2.45) is 5.92 Å². The highest BCUT2D eigenvalue weighted by molar-refractivity contribution is 14.1. The fourth-order valence-corrected chi connectivity index (χ4v) is 3.32. The second-order valence-corrected chi connectivity index (χ2v) is 6.80. The number of halogens is 1. The smallest absolute Gasteiger partial charge is 0.264 e. The van der Waals surface area contributed by atoms with E-state index in [-0.39, 0.29) is 5.56 Å². The molecule has 1 aliphatic carbocycles. The lowest BCUT2D eigenvalue weighted by Gasteiger charge is -2.38. The number of hydrogen-bond acceptors (Lipinski definition) is 4. The molecule has 0 bridgehead atoms. The zero-order chi connectivity index (χ0) is 15.5. The van der Waals surface area contributed by atoms with Gasteiger partial charge in [0.25, 0.3) is 5.56 Å². The van der Waals surface area contributed by atoms with Crippen LogP contribution in [0.15, 0.2) is 4.79 Å². The van der Waals surface area contributed by atoms with Crippen molar-refractivity contribution in [3.8, 4) is 0 Å². The van der Waals surface area contributed by atoms with E-state index in [1.54, 1.807) is 7.11 Å². The molecule has 0 saturated heterocycles. The van der Waals surface area contributed by atoms with Crippen molar-refractivity contribution in [3.63, 3.8) is 0 Å². The summed E-state index contributed by atoms with van der Waals surface area (Å²) in [6.07, 6.45) is 3.99. The molecule has 0 spiro atoms. The Morgan fingerprint density at radius 1 is 1.43 bits per heavy atom. The van der Waals surface area contributed by atoms with Gasteiger partial charge in [0.2, 0.25) is 0 Å². The summed E-state index contributed by atoms with van der Waals surface area (Å²) in [5.74, 6) is 1.36. The highest BCUT2D eigenvalue weighted by atomic mass is 127. The number of ether oxygens (including phenoxy) is 2. The van der Waals surface area contributed by atoms with Crippen LogP contribution in [0.5, 0.6) is 0 Å². The summed E-state index contributed by atoms with van der Waals surface area (Å²) in [5.41, 5.74) is 0.132. The summed E-state index contributed by atoms with van der Waals surface area (Å²) in [6.45, 7) is 5.20. The molecule has 0 aromatic carbocycles. The number of nitrogens with zero attached hydrogens (tertiary/aromatic N) is 1. The maximum absolute atomic E-state index is 12.2. The number of hydrogen-bond donors (Lipinski definition) is 1. The molecule has 0 unspecified atom stereocenters. The predicted octanol–water partition coefficient (Wildman–Crippen LogP) is 2.96. The predicted molar refractivity (Wildman–Crippen MR) is 89.2 cm³/mol. The van der Waals surface area contributed by atoms with Gasteiger partial charge in [0.15, 0.2) is 0 Å². The van der Waals surface area contributed by atoms with E-state index in [2.05, 4.69) is 16.9 Å². The fourth-order valence-electron chi connectivity index (χ4n) is 2.91. The molecule has 1 N–H and O–H groups in total. The third kappa shape index (κ3) is 3.65. The molecule has 5 nitrogen and oxygen atoms in total. The maximum atomic E-state index is 12.2. The van der Waals surface area contributed by atoms with Gasteiger partial charge in [-0.3, -0.25) is 4.79 Å². The Kier molecular flexibility index (Phi) is 5.79. The van der Waals surface area contributed by atoms with Gasteiger partial charge in [-0.05, 0) is 61.1 Å². The molecule has 118 valence electrons. The van der Waals surface area contributed by atoms with Crippen LogP contribution in [-0.2, 0) is 21.7 Å². The quantitative estimate of drug-likeness (QED) is 0.764. The largest absolute Gasteiger partial charge is 0.378 e. The normalized spacial score (nSPS) is 26.0. The molecular formula is C15H23IN2O3. The van der Waals surface area contributed by atoms with E-state index in [9.17, 15) is 4.79 Å². The van der Waals surface area contributed by atoms with Crippen molar-refractivity contribution >= 4 is 22.6 Å². The molecule has 0 radical (unpaired) electrons. The zero-order valence-corrected chi connectivity index (χ0v) is 15.0. The van der Waals surface area contributed by atoms with E-state index in [0.29, 0.717) is 34.2 Å². The lowest BCUT2D eigenvalue weighted by atomic mass is 9.79. The Labute approximate surface area is 139 Å². The Morgan fingerprint density at radius 3 is 2.67 bits per heavy atom. The number of aromatic nitrogens is 2. The number of nitrogens with one attached hydrogen (secondary N) is 1. The number of rotatable bonds is 5. The highest BCUT2D eigenvalue weighted by Gasteiger charge is 2.39. The molecular weight excluding hydrogens is 383 g/mol. The van der Waals surface area contributed by atoms with Gasteiger partial charge in [-0.1, -0.05) is 6.92 Å². The van der Waals surface area contributed by atoms with Crippen LogP contribution in [0.25, 0.3) is 0 Å². The first-order valence-electron chi connectivity index (χ1n) is 7.44.